The molecule has 0 aliphatic carbocycles. The first kappa shape index (κ1) is 23.7. The number of hydrogen-bond donors (Lipinski definition) is 0. The van der Waals surface area contributed by atoms with Crippen LogP contribution in [0.2, 0.25) is 0 Å². The number of benzene rings is 2. The molecule has 3 aliphatic heterocycles. The molecular formula is C27H31F2N3O3. The SMILES string of the molecule is CCOC(=O)N1CCC(N2CCC3(CC2)CN(C(=O)c2ccc(F)cc2)c2ccc(F)cc23)CC1. The van der Waals surface area contributed by atoms with E-state index in [4.69, 9.17) is 4.74 Å². The molecule has 2 aromatic carbocycles. The standard InChI is InChI=1S/C27H31F2N3O3/c1-2-35-26(34)31-13-9-22(10-14-31)30-15-11-27(12-16-30)18-32(24-8-7-21(29)17-23(24)27)25(33)19-3-5-20(28)6-4-19/h3-8,17,22H,2,9-16,18H2,1H3. The van der Waals surface area contributed by atoms with Gasteiger partial charge in [-0.25, -0.2) is 13.6 Å². The predicted molar refractivity (Wildman–Crippen MR) is 129 cm³/mol. The summed E-state index contributed by atoms with van der Waals surface area (Å²) >= 11 is 0. The highest BCUT2D eigenvalue weighted by molar-refractivity contribution is 6.07. The van der Waals surface area contributed by atoms with E-state index in [1.54, 1.807) is 21.9 Å². The van der Waals surface area contributed by atoms with Crippen molar-refractivity contribution in [2.75, 3.05) is 44.2 Å². The average Bonchev–Trinajstić information content (AvgIpc) is 3.18. The zero-order chi connectivity index (χ0) is 24.6. The van der Waals surface area contributed by atoms with Crippen LogP contribution in [0.25, 0.3) is 0 Å². The van der Waals surface area contributed by atoms with E-state index in [-0.39, 0.29) is 29.0 Å². The Balaban J connectivity index is 1.29. The van der Waals surface area contributed by atoms with E-state index in [0.717, 1.165) is 50.0 Å². The van der Waals surface area contributed by atoms with Gasteiger partial charge in [0.1, 0.15) is 11.6 Å². The van der Waals surface area contributed by atoms with Crippen molar-refractivity contribution in [3.63, 3.8) is 0 Å². The maximum Gasteiger partial charge on any atom is 0.409 e. The van der Waals surface area contributed by atoms with Crippen molar-refractivity contribution >= 4 is 17.7 Å². The molecule has 2 saturated heterocycles. The van der Waals surface area contributed by atoms with E-state index in [0.29, 0.717) is 37.8 Å². The lowest BCUT2D eigenvalue weighted by atomic mass is 9.74. The van der Waals surface area contributed by atoms with E-state index < -0.39 is 0 Å². The Morgan fingerprint density at radius 1 is 0.971 bits per heavy atom. The molecule has 0 aromatic heterocycles. The zero-order valence-corrected chi connectivity index (χ0v) is 20.0. The maximum absolute atomic E-state index is 14.3. The number of ether oxygens (including phenoxy) is 1. The minimum absolute atomic E-state index is 0.191. The second kappa shape index (κ2) is 9.57. The Hall–Kier alpha value is -3.00. The Bertz CT molecular complexity index is 1090. The van der Waals surface area contributed by atoms with Crippen molar-refractivity contribution in [3.8, 4) is 0 Å². The van der Waals surface area contributed by atoms with E-state index in [2.05, 4.69) is 4.90 Å². The monoisotopic (exact) mass is 483 g/mol. The van der Waals surface area contributed by atoms with Crippen molar-refractivity contribution in [2.45, 2.75) is 44.1 Å². The van der Waals surface area contributed by atoms with Gasteiger partial charge in [0.2, 0.25) is 0 Å². The van der Waals surface area contributed by atoms with Crippen LogP contribution < -0.4 is 4.90 Å². The summed E-state index contributed by atoms with van der Waals surface area (Å²) < 4.78 is 32.8. The largest absolute Gasteiger partial charge is 0.450 e. The van der Waals surface area contributed by atoms with Crippen LogP contribution in [0.15, 0.2) is 42.5 Å². The topological polar surface area (TPSA) is 53.1 Å². The normalized spacial score (nSPS) is 20.2. The summed E-state index contributed by atoms with van der Waals surface area (Å²) in [7, 11) is 0. The summed E-state index contributed by atoms with van der Waals surface area (Å²) in [6, 6.07) is 10.7. The van der Waals surface area contributed by atoms with Crippen LogP contribution in [0.3, 0.4) is 0 Å². The van der Waals surface area contributed by atoms with Gasteiger partial charge in [-0.15, -0.1) is 0 Å². The number of nitrogens with zero attached hydrogens (tertiary/aromatic N) is 3. The van der Waals surface area contributed by atoms with E-state index >= 15 is 0 Å². The van der Waals surface area contributed by atoms with Gasteiger partial charge in [0, 0.05) is 42.3 Å². The Morgan fingerprint density at radius 2 is 1.63 bits per heavy atom. The number of halogens is 2. The summed E-state index contributed by atoms with van der Waals surface area (Å²) in [4.78, 5) is 31.3. The molecule has 0 saturated carbocycles. The lowest BCUT2D eigenvalue weighted by molar-refractivity contribution is 0.0576. The lowest BCUT2D eigenvalue weighted by Gasteiger charge is -2.45. The van der Waals surface area contributed by atoms with Crippen LogP contribution in [0.4, 0.5) is 19.3 Å². The number of likely N-dealkylation sites (tertiary alicyclic amines) is 2. The lowest BCUT2D eigenvalue weighted by Crippen LogP contribution is -2.52. The minimum Gasteiger partial charge on any atom is -0.450 e. The number of rotatable bonds is 3. The van der Waals surface area contributed by atoms with Gasteiger partial charge in [-0.2, -0.15) is 0 Å². The van der Waals surface area contributed by atoms with Crippen molar-refractivity contribution in [3.05, 3.63) is 65.2 Å². The van der Waals surface area contributed by atoms with Crippen molar-refractivity contribution in [2.24, 2.45) is 0 Å². The fourth-order valence-electron chi connectivity index (χ4n) is 5.94. The molecule has 5 rings (SSSR count). The van der Waals surface area contributed by atoms with Gasteiger partial charge in [0.15, 0.2) is 0 Å². The first-order valence-electron chi connectivity index (χ1n) is 12.4. The third kappa shape index (κ3) is 4.51. The van der Waals surface area contributed by atoms with Gasteiger partial charge in [0.05, 0.1) is 6.61 Å². The van der Waals surface area contributed by atoms with Gasteiger partial charge < -0.3 is 19.4 Å². The predicted octanol–water partition coefficient (Wildman–Crippen LogP) is 4.58. The molecule has 8 heteroatoms. The van der Waals surface area contributed by atoms with Crippen molar-refractivity contribution in [1.82, 2.24) is 9.80 Å². The summed E-state index contributed by atoms with van der Waals surface area (Å²) in [5.41, 5.74) is 1.76. The second-order valence-electron chi connectivity index (χ2n) is 9.79. The number of amides is 2. The highest BCUT2D eigenvalue weighted by Gasteiger charge is 2.47. The number of hydrogen-bond acceptors (Lipinski definition) is 4. The number of carbonyl (C=O) groups is 2. The molecule has 6 nitrogen and oxygen atoms in total. The maximum atomic E-state index is 14.3. The summed E-state index contributed by atoms with van der Waals surface area (Å²) in [6.45, 7) is 5.80. The number of piperidine rings is 2. The molecule has 2 amide bonds. The zero-order valence-electron chi connectivity index (χ0n) is 20.0. The highest BCUT2D eigenvalue weighted by atomic mass is 19.1. The fraction of sp³-hybridized carbons (Fsp3) is 0.481. The van der Waals surface area contributed by atoms with E-state index in [9.17, 15) is 18.4 Å². The first-order valence-corrected chi connectivity index (χ1v) is 12.4. The van der Waals surface area contributed by atoms with Crippen LogP contribution >= 0.6 is 0 Å². The molecule has 0 N–H and O–H groups in total. The number of carbonyl (C=O) groups excluding carboxylic acids is 2. The van der Waals surface area contributed by atoms with E-state index in [1.165, 1.54) is 30.3 Å². The summed E-state index contributed by atoms with van der Waals surface area (Å²) in [6.07, 6.45) is 3.24. The molecule has 0 radical (unpaired) electrons. The quantitative estimate of drug-likeness (QED) is 0.642. The smallest absolute Gasteiger partial charge is 0.409 e. The van der Waals surface area contributed by atoms with Crippen LogP contribution in [-0.2, 0) is 10.2 Å². The van der Waals surface area contributed by atoms with Gasteiger partial charge in [0.25, 0.3) is 5.91 Å². The highest BCUT2D eigenvalue weighted by Crippen LogP contribution is 2.48. The third-order valence-corrected chi connectivity index (χ3v) is 7.88. The van der Waals surface area contributed by atoms with Gasteiger partial charge >= 0.3 is 6.09 Å². The molecule has 3 heterocycles. The number of fused-ring (bicyclic) bond motifs is 2. The van der Waals surface area contributed by atoms with Gasteiger partial charge in [-0.1, -0.05) is 0 Å². The summed E-state index contributed by atoms with van der Waals surface area (Å²) in [5, 5.41) is 0. The molecule has 0 unspecified atom stereocenters. The summed E-state index contributed by atoms with van der Waals surface area (Å²) in [5.74, 6) is -0.876. The van der Waals surface area contributed by atoms with Crippen LogP contribution in [0, 0.1) is 11.6 Å². The minimum atomic E-state index is -0.387. The Labute approximate surface area is 204 Å². The van der Waals surface area contributed by atoms with Crippen molar-refractivity contribution < 1.29 is 23.1 Å². The molecule has 2 fully saturated rings. The van der Waals surface area contributed by atoms with Gasteiger partial charge in [-0.3, -0.25) is 4.79 Å². The Morgan fingerprint density at radius 3 is 2.29 bits per heavy atom. The molecular weight excluding hydrogens is 452 g/mol. The molecule has 35 heavy (non-hydrogen) atoms. The molecule has 0 atom stereocenters. The van der Waals surface area contributed by atoms with Crippen LogP contribution in [-0.4, -0.2) is 67.2 Å². The molecule has 2 aromatic rings. The van der Waals surface area contributed by atoms with Crippen molar-refractivity contribution in [1.29, 1.82) is 0 Å². The number of anilines is 1. The van der Waals surface area contributed by atoms with E-state index in [1.807, 2.05) is 6.92 Å². The molecule has 3 aliphatic rings. The van der Waals surface area contributed by atoms with Crippen LogP contribution in [0.5, 0.6) is 0 Å². The third-order valence-electron chi connectivity index (χ3n) is 7.88. The Kier molecular flexibility index (Phi) is 6.49. The second-order valence-corrected chi connectivity index (χ2v) is 9.79. The molecule has 0 bridgehead atoms. The molecule has 186 valence electrons. The molecule has 1 spiro atoms. The average molecular weight is 484 g/mol. The first-order chi connectivity index (χ1) is 16.9. The van der Waals surface area contributed by atoms with Crippen LogP contribution in [0.1, 0.15) is 48.5 Å². The van der Waals surface area contributed by atoms with Gasteiger partial charge in [-0.05, 0) is 93.7 Å². The fourth-order valence-corrected chi connectivity index (χ4v) is 5.94.